The number of hydrogen-bond donors (Lipinski definition) is 2. The summed E-state index contributed by atoms with van der Waals surface area (Å²) in [6.45, 7) is 2.66. The van der Waals surface area contributed by atoms with Crippen molar-refractivity contribution in [1.29, 1.82) is 0 Å². The minimum absolute atomic E-state index is 0. The fourth-order valence-corrected chi connectivity index (χ4v) is 3.94. The van der Waals surface area contributed by atoms with Crippen molar-refractivity contribution in [3.8, 4) is 0 Å². The second kappa shape index (κ2) is 10.1. The first kappa shape index (κ1) is 21.7. The van der Waals surface area contributed by atoms with Crippen molar-refractivity contribution in [2.75, 3.05) is 11.4 Å². The predicted molar refractivity (Wildman–Crippen MR) is 111 cm³/mol. The van der Waals surface area contributed by atoms with Gasteiger partial charge in [-0.2, -0.15) is 0 Å². The van der Waals surface area contributed by atoms with Crippen LogP contribution in [-0.4, -0.2) is 30.4 Å². The molecule has 6 heteroatoms. The lowest BCUT2D eigenvalue weighted by Gasteiger charge is -2.27. The molecule has 3 rings (SSSR count). The molecule has 1 heterocycles. The third-order valence-corrected chi connectivity index (χ3v) is 5.68. The first-order valence-corrected chi connectivity index (χ1v) is 10.0. The van der Waals surface area contributed by atoms with Crippen molar-refractivity contribution in [3.05, 3.63) is 29.8 Å². The Kier molecular flexibility index (Phi) is 8.11. The highest BCUT2D eigenvalue weighted by molar-refractivity contribution is 6.00. The highest BCUT2D eigenvalue weighted by atomic mass is 35.5. The van der Waals surface area contributed by atoms with Gasteiger partial charge in [0.2, 0.25) is 11.8 Å². The zero-order valence-corrected chi connectivity index (χ0v) is 17.0. The minimum atomic E-state index is -0.252. The van der Waals surface area contributed by atoms with Crippen molar-refractivity contribution in [1.82, 2.24) is 5.32 Å². The zero-order chi connectivity index (χ0) is 18.5. The van der Waals surface area contributed by atoms with Crippen LogP contribution >= 0.6 is 12.4 Å². The summed E-state index contributed by atoms with van der Waals surface area (Å²) in [5, 5.41) is 3.13. The quantitative estimate of drug-likeness (QED) is 0.779. The molecule has 1 aromatic carbocycles. The molecule has 5 nitrogen and oxygen atoms in total. The van der Waals surface area contributed by atoms with Crippen molar-refractivity contribution in [2.45, 2.75) is 70.4 Å². The van der Waals surface area contributed by atoms with Crippen LogP contribution in [0.5, 0.6) is 0 Å². The lowest BCUT2D eigenvalue weighted by Crippen LogP contribution is -2.43. The third kappa shape index (κ3) is 5.69. The zero-order valence-electron chi connectivity index (χ0n) is 16.2. The van der Waals surface area contributed by atoms with E-state index in [9.17, 15) is 9.59 Å². The van der Waals surface area contributed by atoms with Crippen molar-refractivity contribution < 1.29 is 9.59 Å². The molecule has 1 aliphatic heterocycles. The summed E-state index contributed by atoms with van der Waals surface area (Å²) < 4.78 is 0. The molecular weight excluding hydrogens is 362 g/mol. The predicted octanol–water partition coefficient (Wildman–Crippen LogP) is 3.19. The van der Waals surface area contributed by atoms with Crippen LogP contribution in [-0.2, 0) is 16.0 Å². The van der Waals surface area contributed by atoms with Gasteiger partial charge in [0.05, 0.1) is 5.92 Å². The van der Waals surface area contributed by atoms with E-state index >= 15 is 0 Å². The van der Waals surface area contributed by atoms with E-state index in [2.05, 4.69) is 24.4 Å². The first-order valence-electron chi connectivity index (χ1n) is 10.0. The summed E-state index contributed by atoms with van der Waals surface area (Å²) >= 11 is 0. The van der Waals surface area contributed by atoms with Gasteiger partial charge in [0.25, 0.3) is 0 Å². The fourth-order valence-electron chi connectivity index (χ4n) is 3.94. The Labute approximate surface area is 168 Å². The van der Waals surface area contributed by atoms with Gasteiger partial charge in [0, 0.05) is 30.7 Å². The maximum absolute atomic E-state index is 12.6. The minimum Gasteiger partial charge on any atom is -0.353 e. The standard InChI is InChI=1S/C21H31N3O2.ClH/c1-2-3-4-15-5-11-19(12-6-15)24-14-16(13-20(24)25)21(26)23-18-9-7-17(22)8-10-18;/h5-6,11-12,16-18H,2-4,7-10,13-14,22H2,1H3,(H,23,26);1H. The fraction of sp³-hybridized carbons (Fsp3) is 0.619. The molecule has 1 aromatic rings. The van der Waals surface area contributed by atoms with Gasteiger partial charge in [-0.25, -0.2) is 0 Å². The molecule has 2 fully saturated rings. The monoisotopic (exact) mass is 393 g/mol. The summed E-state index contributed by atoms with van der Waals surface area (Å²) in [6, 6.07) is 8.68. The van der Waals surface area contributed by atoms with Crippen molar-refractivity contribution in [3.63, 3.8) is 0 Å². The number of anilines is 1. The Morgan fingerprint density at radius 1 is 1.19 bits per heavy atom. The van der Waals surface area contributed by atoms with Gasteiger partial charge in [0.15, 0.2) is 0 Å². The average molecular weight is 394 g/mol. The Morgan fingerprint density at radius 2 is 1.85 bits per heavy atom. The van der Waals surface area contributed by atoms with Crippen LogP contribution in [0.4, 0.5) is 5.69 Å². The van der Waals surface area contributed by atoms with E-state index in [1.54, 1.807) is 4.90 Å². The van der Waals surface area contributed by atoms with Gasteiger partial charge in [-0.3, -0.25) is 9.59 Å². The molecule has 1 saturated carbocycles. The molecule has 3 N–H and O–H groups in total. The number of aryl methyl sites for hydroxylation is 1. The van der Waals surface area contributed by atoms with Gasteiger partial charge < -0.3 is 16.0 Å². The number of amides is 2. The van der Waals surface area contributed by atoms with Gasteiger partial charge in [-0.1, -0.05) is 25.5 Å². The maximum Gasteiger partial charge on any atom is 0.227 e. The normalized spacial score (nSPS) is 25.2. The molecule has 150 valence electrons. The summed E-state index contributed by atoms with van der Waals surface area (Å²) in [7, 11) is 0. The van der Waals surface area contributed by atoms with E-state index < -0.39 is 0 Å². The molecule has 1 saturated heterocycles. The Hall–Kier alpha value is -1.59. The number of nitrogens with one attached hydrogen (secondary N) is 1. The number of unbranched alkanes of at least 4 members (excludes halogenated alkanes) is 1. The maximum atomic E-state index is 12.6. The van der Waals surface area contributed by atoms with Crippen molar-refractivity contribution in [2.24, 2.45) is 11.7 Å². The van der Waals surface area contributed by atoms with Gasteiger partial charge in [-0.05, 0) is 56.2 Å². The smallest absolute Gasteiger partial charge is 0.227 e. The number of rotatable bonds is 6. The molecule has 1 unspecified atom stereocenters. The second-order valence-electron chi connectivity index (χ2n) is 7.80. The molecular formula is C21H32ClN3O2. The number of carbonyl (C=O) groups is 2. The van der Waals surface area contributed by atoms with E-state index in [0.717, 1.165) is 37.8 Å². The lowest BCUT2D eigenvalue weighted by molar-refractivity contribution is -0.127. The highest BCUT2D eigenvalue weighted by Gasteiger charge is 2.36. The lowest BCUT2D eigenvalue weighted by atomic mass is 9.91. The largest absolute Gasteiger partial charge is 0.353 e. The summed E-state index contributed by atoms with van der Waals surface area (Å²) in [6.07, 6.45) is 7.53. The van der Waals surface area contributed by atoms with Crippen LogP contribution in [0.2, 0.25) is 0 Å². The molecule has 27 heavy (non-hydrogen) atoms. The number of nitrogens with two attached hydrogens (primary N) is 1. The van der Waals surface area contributed by atoms with Crippen LogP contribution in [0.15, 0.2) is 24.3 Å². The van der Waals surface area contributed by atoms with E-state index in [0.29, 0.717) is 13.0 Å². The first-order chi connectivity index (χ1) is 12.6. The number of hydrogen-bond acceptors (Lipinski definition) is 3. The van der Waals surface area contributed by atoms with Crippen LogP contribution in [0, 0.1) is 5.92 Å². The Bertz CT molecular complexity index is 627. The number of nitrogens with zero attached hydrogens (tertiary/aromatic N) is 1. The molecule has 0 aromatic heterocycles. The van der Waals surface area contributed by atoms with Crippen LogP contribution < -0.4 is 16.0 Å². The van der Waals surface area contributed by atoms with Gasteiger partial charge >= 0.3 is 0 Å². The van der Waals surface area contributed by atoms with E-state index in [-0.39, 0.29) is 42.2 Å². The van der Waals surface area contributed by atoms with Gasteiger partial charge in [0.1, 0.15) is 0 Å². The summed E-state index contributed by atoms with van der Waals surface area (Å²) in [5.41, 5.74) is 8.12. The van der Waals surface area contributed by atoms with E-state index in [1.807, 2.05) is 12.1 Å². The number of benzene rings is 1. The number of carbonyl (C=O) groups excluding carboxylic acids is 2. The third-order valence-electron chi connectivity index (χ3n) is 5.68. The van der Waals surface area contributed by atoms with Gasteiger partial charge in [-0.15, -0.1) is 12.4 Å². The molecule has 2 amide bonds. The van der Waals surface area contributed by atoms with Crippen molar-refractivity contribution >= 4 is 29.9 Å². The topological polar surface area (TPSA) is 75.4 Å². The summed E-state index contributed by atoms with van der Waals surface area (Å²) in [4.78, 5) is 26.7. The second-order valence-corrected chi connectivity index (χ2v) is 7.80. The molecule has 0 spiro atoms. The number of halogens is 1. The van der Waals surface area contributed by atoms with Crippen LogP contribution in [0.3, 0.4) is 0 Å². The van der Waals surface area contributed by atoms with E-state index in [4.69, 9.17) is 5.73 Å². The molecule has 2 aliphatic rings. The SMILES string of the molecule is CCCCc1ccc(N2CC(C(=O)NC3CCC(N)CC3)CC2=O)cc1.Cl. The summed E-state index contributed by atoms with van der Waals surface area (Å²) in [5.74, 6) is -0.198. The molecule has 0 bridgehead atoms. The molecule has 0 radical (unpaired) electrons. The molecule has 1 aliphatic carbocycles. The Morgan fingerprint density at radius 3 is 2.48 bits per heavy atom. The van der Waals surface area contributed by atoms with Crippen LogP contribution in [0.1, 0.15) is 57.4 Å². The molecule has 1 atom stereocenters. The van der Waals surface area contributed by atoms with Crippen LogP contribution in [0.25, 0.3) is 0 Å². The highest BCUT2D eigenvalue weighted by Crippen LogP contribution is 2.26. The van der Waals surface area contributed by atoms with E-state index in [1.165, 1.54) is 18.4 Å². The Balaban J connectivity index is 0.00000261. The average Bonchev–Trinajstić information content (AvgIpc) is 3.04.